The number of guanidine groups is 1. The van der Waals surface area contributed by atoms with Gasteiger partial charge in [-0.15, -0.1) is 24.0 Å². The van der Waals surface area contributed by atoms with Gasteiger partial charge in [0.1, 0.15) is 11.6 Å². The fourth-order valence-corrected chi connectivity index (χ4v) is 2.56. The molecule has 5 nitrogen and oxygen atoms in total. The lowest BCUT2D eigenvalue weighted by Gasteiger charge is -2.19. The third-order valence-corrected chi connectivity index (χ3v) is 3.87. The molecule has 1 aliphatic rings. The lowest BCUT2D eigenvalue weighted by molar-refractivity contribution is 0.0191. The summed E-state index contributed by atoms with van der Waals surface area (Å²) in [6.07, 6.45) is 2.36. The van der Waals surface area contributed by atoms with Crippen LogP contribution in [0.1, 0.15) is 31.4 Å². The van der Waals surface area contributed by atoms with Gasteiger partial charge in [0.15, 0.2) is 5.96 Å². The van der Waals surface area contributed by atoms with Gasteiger partial charge in [-0.2, -0.15) is 0 Å². The first-order chi connectivity index (χ1) is 11.6. The van der Waals surface area contributed by atoms with E-state index in [4.69, 9.17) is 9.47 Å². The van der Waals surface area contributed by atoms with Crippen LogP contribution in [0.4, 0.5) is 8.78 Å². The van der Waals surface area contributed by atoms with Gasteiger partial charge >= 0.3 is 0 Å². The number of hydrogen-bond acceptors (Lipinski definition) is 3. The van der Waals surface area contributed by atoms with E-state index in [9.17, 15) is 8.78 Å². The number of rotatable bonds is 7. The summed E-state index contributed by atoms with van der Waals surface area (Å²) in [6.45, 7) is 4.31. The standard InChI is InChI=1S/C17H25F2N3O2.HI/c1-12(15-6-5-13(18)10-16(15)19)22-17(20-2)21-7-9-23-11-14-4-3-8-24-14;/h5-6,10,12,14H,3-4,7-9,11H2,1-2H3,(H2,20,21,22);1H. The van der Waals surface area contributed by atoms with Crippen molar-refractivity contribution in [3.8, 4) is 0 Å². The highest BCUT2D eigenvalue weighted by Crippen LogP contribution is 2.17. The van der Waals surface area contributed by atoms with Crippen molar-refractivity contribution in [2.75, 3.05) is 33.4 Å². The predicted octanol–water partition coefficient (Wildman–Crippen LogP) is 3.00. The number of benzene rings is 1. The highest BCUT2D eigenvalue weighted by Gasteiger charge is 2.15. The van der Waals surface area contributed by atoms with E-state index in [1.807, 2.05) is 0 Å². The van der Waals surface area contributed by atoms with Crippen molar-refractivity contribution < 1.29 is 18.3 Å². The highest BCUT2D eigenvalue weighted by molar-refractivity contribution is 14.0. The molecule has 1 heterocycles. The van der Waals surface area contributed by atoms with E-state index in [1.54, 1.807) is 14.0 Å². The molecular weight excluding hydrogens is 443 g/mol. The van der Waals surface area contributed by atoms with E-state index in [2.05, 4.69) is 15.6 Å². The second-order valence-corrected chi connectivity index (χ2v) is 5.74. The van der Waals surface area contributed by atoms with Crippen LogP contribution < -0.4 is 10.6 Å². The molecule has 0 radical (unpaired) electrons. The third-order valence-electron chi connectivity index (χ3n) is 3.87. The molecule has 2 atom stereocenters. The fraction of sp³-hybridized carbons (Fsp3) is 0.588. The van der Waals surface area contributed by atoms with Crippen LogP contribution in [0.25, 0.3) is 0 Å². The van der Waals surface area contributed by atoms with Crippen LogP contribution in [0.15, 0.2) is 23.2 Å². The van der Waals surface area contributed by atoms with Gasteiger partial charge in [0.25, 0.3) is 0 Å². The second-order valence-electron chi connectivity index (χ2n) is 5.74. The minimum atomic E-state index is -0.589. The quantitative estimate of drug-likeness (QED) is 0.279. The number of nitrogens with one attached hydrogen (secondary N) is 2. The molecule has 0 aromatic heterocycles. The molecule has 1 aliphatic heterocycles. The third kappa shape index (κ3) is 7.41. The summed E-state index contributed by atoms with van der Waals surface area (Å²) in [5, 5.41) is 6.17. The Morgan fingerprint density at radius 2 is 2.24 bits per heavy atom. The normalized spacial score (nSPS) is 18.6. The Hall–Kier alpha value is -1.00. The molecule has 2 N–H and O–H groups in total. The predicted molar refractivity (Wildman–Crippen MR) is 104 cm³/mol. The summed E-state index contributed by atoms with van der Waals surface area (Å²) in [6, 6.07) is 3.21. The summed E-state index contributed by atoms with van der Waals surface area (Å²) in [7, 11) is 1.64. The van der Waals surface area contributed by atoms with Gasteiger partial charge in [-0.3, -0.25) is 4.99 Å². The molecule has 25 heavy (non-hydrogen) atoms. The molecule has 1 aromatic rings. The maximum absolute atomic E-state index is 13.8. The molecule has 2 rings (SSSR count). The van der Waals surface area contributed by atoms with E-state index in [1.165, 1.54) is 12.1 Å². The van der Waals surface area contributed by atoms with Crippen molar-refractivity contribution in [3.63, 3.8) is 0 Å². The highest BCUT2D eigenvalue weighted by atomic mass is 127. The van der Waals surface area contributed by atoms with E-state index in [-0.39, 0.29) is 36.1 Å². The monoisotopic (exact) mass is 469 g/mol. The van der Waals surface area contributed by atoms with Gasteiger partial charge in [0, 0.05) is 31.8 Å². The number of halogens is 3. The maximum Gasteiger partial charge on any atom is 0.191 e. The molecule has 8 heteroatoms. The van der Waals surface area contributed by atoms with Crippen molar-refractivity contribution in [1.82, 2.24) is 10.6 Å². The summed E-state index contributed by atoms with van der Waals surface area (Å²) in [5.41, 5.74) is 0.383. The molecule has 1 fully saturated rings. The van der Waals surface area contributed by atoms with Gasteiger partial charge in [-0.25, -0.2) is 8.78 Å². The Balaban J connectivity index is 0.00000312. The Kier molecular flexibility index (Phi) is 10.2. The largest absolute Gasteiger partial charge is 0.377 e. The minimum Gasteiger partial charge on any atom is -0.377 e. The smallest absolute Gasteiger partial charge is 0.191 e. The second kappa shape index (κ2) is 11.6. The van der Waals surface area contributed by atoms with Crippen LogP contribution in [0, 0.1) is 11.6 Å². The fourth-order valence-electron chi connectivity index (χ4n) is 2.56. The molecule has 0 amide bonds. The van der Waals surface area contributed by atoms with Crippen LogP contribution in [0.2, 0.25) is 0 Å². The lowest BCUT2D eigenvalue weighted by Crippen LogP contribution is -2.40. The van der Waals surface area contributed by atoms with Gasteiger partial charge in [0.05, 0.1) is 25.4 Å². The van der Waals surface area contributed by atoms with E-state index >= 15 is 0 Å². The molecule has 0 spiro atoms. The minimum absolute atomic E-state index is 0. The molecule has 2 unspecified atom stereocenters. The number of nitrogens with zero attached hydrogens (tertiary/aromatic N) is 1. The van der Waals surface area contributed by atoms with E-state index < -0.39 is 11.6 Å². The average Bonchev–Trinajstić information content (AvgIpc) is 3.06. The molecule has 0 aliphatic carbocycles. The Morgan fingerprint density at radius 3 is 2.88 bits per heavy atom. The van der Waals surface area contributed by atoms with Crippen molar-refractivity contribution in [3.05, 3.63) is 35.4 Å². The van der Waals surface area contributed by atoms with Gasteiger partial charge in [-0.1, -0.05) is 6.07 Å². The van der Waals surface area contributed by atoms with Crippen molar-refractivity contribution in [1.29, 1.82) is 0 Å². The molecule has 1 saturated heterocycles. The SMILES string of the molecule is CN=C(NCCOCC1CCCO1)NC(C)c1ccc(F)cc1F.I. The van der Waals surface area contributed by atoms with Crippen LogP contribution in [0.3, 0.4) is 0 Å². The summed E-state index contributed by atoms with van der Waals surface area (Å²) in [4.78, 5) is 4.09. The Bertz CT molecular complexity index is 555. The zero-order valence-electron chi connectivity index (χ0n) is 14.6. The van der Waals surface area contributed by atoms with Crippen LogP contribution in [0.5, 0.6) is 0 Å². The first kappa shape index (κ1) is 22.0. The zero-order valence-corrected chi connectivity index (χ0v) is 16.9. The summed E-state index contributed by atoms with van der Waals surface area (Å²) in [5.74, 6) is -0.633. The zero-order chi connectivity index (χ0) is 17.4. The van der Waals surface area contributed by atoms with Gasteiger partial charge in [-0.05, 0) is 25.8 Å². The van der Waals surface area contributed by atoms with Crippen LogP contribution >= 0.6 is 24.0 Å². The van der Waals surface area contributed by atoms with Gasteiger partial charge in [0.2, 0.25) is 0 Å². The average molecular weight is 469 g/mol. The topological polar surface area (TPSA) is 54.9 Å². The lowest BCUT2D eigenvalue weighted by atomic mass is 10.1. The number of hydrogen-bond donors (Lipinski definition) is 2. The van der Waals surface area contributed by atoms with Crippen LogP contribution in [-0.4, -0.2) is 45.5 Å². The van der Waals surface area contributed by atoms with Crippen molar-refractivity contribution in [2.45, 2.75) is 31.9 Å². The Labute approximate surface area is 164 Å². The Morgan fingerprint density at radius 1 is 1.44 bits per heavy atom. The van der Waals surface area contributed by atoms with Crippen molar-refractivity contribution in [2.24, 2.45) is 4.99 Å². The van der Waals surface area contributed by atoms with Gasteiger partial charge < -0.3 is 20.1 Å². The van der Waals surface area contributed by atoms with Crippen molar-refractivity contribution >= 4 is 29.9 Å². The molecule has 0 saturated carbocycles. The number of aliphatic imine (C=N–C) groups is 1. The maximum atomic E-state index is 13.8. The molecule has 142 valence electrons. The van der Waals surface area contributed by atoms with E-state index in [0.717, 1.165) is 25.5 Å². The molecular formula is C17H26F2IN3O2. The number of ether oxygens (including phenoxy) is 2. The first-order valence-corrected chi connectivity index (χ1v) is 8.21. The summed E-state index contributed by atoms with van der Waals surface area (Å²) < 4.78 is 37.8. The molecule has 1 aromatic carbocycles. The van der Waals surface area contributed by atoms with Crippen LogP contribution in [-0.2, 0) is 9.47 Å². The summed E-state index contributed by atoms with van der Waals surface area (Å²) >= 11 is 0. The first-order valence-electron chi connectivity index (χ1n) is 8.21. The van der Waals surface area contributed by atoms with E-state index in [0.29, 0.717) is 31.3 Å². The molecule has 0 bridgehead atoms.